The summed E-state index contributed by atoms with van der Waals surface area (Å²) < 4.78 is 0. The predicted molar refractivity (Wildman–Crippen MR) is 70.0 cm³/mol. The third kappa shape index (κ3) is 4.27. The molecule has 0 aliphatic rings. The Hall–Kier alpha value is -1.22. The number of carbonyl (C=O) groups excluding carboxylic acids is 1. The Morgan fingerprint density at radius 2 is 1.88 bits per heavy atom. The van der Waals surface area contributed by atoms with Gasteiger partial charge in [-0.15, -0.1) is 0 Å². The molecule has 0 aromatic carbocycles. The second-order valence-corrected chi connectivity index (χ2v) is 4.98. The number of pyridine rings is 1. The van der Waals surface area contributed by atoms with E-state index < -0.39 is 0 Å². The minimum Gasteiger partial charge on any atom is -0.309 e. The molecule has 17 heavy (non-hydrogen) atoms. The molecular formula is C14H22N2O. The van der Waals surface area contributed by atoms with E-state index in [2.05, 4.69) is 9.88 Å². The van der Waals surface area contributed by atoms with Crippen molar-refractivity contribution in [2.24, 2.45) is 5.92 Å². The molecule has 0 saturated carbocycles. The Morgan fingerprint density at radius 1 is 1.29 bits per heavy atom. The van der Waals surface area contributed by atoms with Crippen LogP contribution in [0.25, 0.3) is 0 Å². The summed E-state index contributed by atoms with van der Waals surface area (Å²) in [6, 6.07) is 3.89. The molecule has 3 nitrogen and oxygen atoms in total. The Balaban J connectivity index is 2.83. The van der Waals surface area contributed by atoms with E-state index in [1.165, 1.54) is 0 Å². The molecule has 0 radical (unpaired) electrons. The van der Waals surface area contributed by atoms with E-state index in [-0.39, 0.29) is 11.8 Å². The van der Waals surface area contributed by atoms with Gasteiger partial charge in [0, 0.05) is 24.2 Å². The van der Waals surface area contributed by atoms with Crippen molar-refractivity contribution < 1.29 is 4.79 Å². The molecule has 0 spiro atoms. The Kier molecular flexibility index (Phi) is 5.29. The van der Waals surface area contributed by atoms with Crippen LogP contribution in [0.5, 0.6) is 0 Å². The van der Waals surface area contributed by atoms with Crippen molar-refractivity contribution >= 4 is 5.78 Å². The fourth-order valence-electron chi connectivity index (χ4n) is 1.86. The third-order valence-corrected chi connectivity index (χ3v) is 2.89. The van der Waals surface area contributed by atoms with Gasteiger partial charge in [0.2, 0.25) is 0 Å². The van der Waals surface area contributed by atoms with Crippen LogP contribution in [0.1, 0.15) is 31.7 Å². The smallest absolute Gasteiger partial charge is 0.142 e. The zero-order chi connectivity index (χ0) is 12.8. The highest BCUT2D eigenvalue weighted by atomic mass is 16.1. The van der Waals surface area contributed by atoms with Crippen LogP contribution in [-0.2, 0) is 4.79 Å². The summed E-state index contributed by atoms with van der Waals surface area (Å²) in [5.41, 5.74) is 1.08. The van der Waals surface area contributed by atoms with Crippen molar-refractivity contribution in [3.63, 3.8) is 0 Å². The molecule has 0 aliphatic heterocycles. The van der Waals surface area contributed by atoms with E-state index in [0.29, 0.717) is 5.78 Å². The molecule has 1 atom stereocenters. The monoisotopic (exact) mass is 234 g/mol. The molecule has 0 amide bonds. The molecule has 3 heteroatoms. The summed E-state index contributed by atoms with van der Waals surface area (Å²) in [5, 5.41) is 0. The Labute approximate surface area is 104 Å². The fourth-order valence-corrected chi connectivity index (χ4v) is 1.86. The molecule has 1 heterocycles. The highest BCUT2D eigenvalue weighted by molar-refractivity contribution is 5.87. The van der Waals surface area contributed by atoms with E-state index in [1.807, 2.05) is 40.1 Å². The maximum atomic E-state index is 12.2. The van der Waals surface area contributed by atoms with Crippen LogP contribution < -0.4 is 0 Å². The normalized spacial score (nSPS) is 13.1. The van der Waals surface area contributed by atoms with Gasteiger partial charge < -0.3 is 4.90 Å². The van der Waals surface area contributed by atoms with Crippen LogP contribution in [0.15, 0.2) is 24.5 Å². The molecule has 0 N–H and O–H groups in total. The van der Waals surface area contributed by atoms with Crippen molar-refractivity contribution in [2.45, 2.75) is 26.2 Å². The maximum absolute atomic E-state index is 12.2. The third-order valence-electron chi connectivity index (χ3n) is 2.89. The summed E-state index contributed by atoms with van der Waals surface area (Å²) in [6.45, 7) is 4.85. The molecule has 0 fully saturated rings. The lowest BCUT2D eigenvalue weighted by Crippen LogP contribution is -2.23. The zero-order valence-electron chi connectivity index (χ0n) is 11.2. The highest BCUT2D eigenvalue weighted by Gasteiger charge is 2.22. The van der Waals surface area contributed by atoms with Gasteiger partial charge in [0.05, 0.1) is 0 Å². The number of hydrogen-bond acceptors (Lipinski definition) is 3. The van der Waals surface area contributed by atoms with Crippen molar-refractivity contribution in [2.75, 3.05) is 20.6 Å². The van der Waals surface area contributed by atoms with Crippen LogP contribution >= 0.6 is 0 Å². The SMILES string of the molecule is CC(C)C(=O)[C@@H](CCN(C)C)c1ccncc1. The van der Waals surface area contributed by atoms with Crippen LogP contribution in [-0.4, -0.2) is 36.3 Å². The summed E-state index contributed by atoms with van der Waals surface area (Å²) in [5.74, 6) is 0.397. The standard InChI is InChI=1S/C14H22N2O/c1-11(2)14(17)13(7-10-16(3)4)12-5-8-15-9-6-12/h5-6,8-9,11,13H,7,10H2,1-4H3/t13-/m0/s1. The Morgan fingerprint density at radius 3 is 2.35 bits per heavy atom. The zero-order valence-corrected chi connectivity index (χ0v) is 11.2. The van der Waals surface area contributed by atoms with Crippen LogP contribution in [0.2, 0.25) is 0 Å². The number of Topliss-reactive ketones (excluding diaryl/α,β-unsaturated/α-hetero) is 1. The minimum absolute atomic E-state index is 0.000370. The second-order valence-electron chi connectivity index (χ2n) is 4.98. The summed E-state index contributed by atoms with van der Waals surface area (Å²) >= 11 is 0. The summed E-state index contributed by atoms with van der Waals surface area (Å²) in [4.78, 5) is 18.3. The summed E-state index contributed by atoms with van der Waals surface area (Å²) in [6.07, 6.45) is 4.38. The summed E-state index contributed by atoms with van der Waals surface area (Å²) in [7, 11) is 4.06. The highest BCUT2D eigenvalue weighted by Crippen LogP contribution is 2.23. The van der Waals surface area contributed by atoms with Crippen molar-refractivity contribution in [1.29, 1.82) is 0 Å². The van der Waals surface area contributed by atoms with Gasteiger partial charge in [-0.05, 0) is 44.8 Å². The molecule has 1 aromatic rings. The average Bonchev–Trinajstić information content (AvgIpc) is 2.30. The maximum Gasteiger partial charge on any atom is 0.142 e. The number of aromatic nitrogens is 1. The number of ketones is 1. The van der Waals surface area contributed by atoms with Gasteiger partial charge in [-0.2, -0.15) is 0 Å². The minimum atomic E-state index is 0.000370. The number of nitrogens with zero attached hydrogens (tertiary/aromatic N) is 2. The lowest BCUT2D eigenvalue weighted by molar-refractivity contribution is -0.123. The van der Waals surface area contributed by atoms with Crippen molar-refractivity contribution in [3.05, 3.63) is 30.1 Å². The molecule has 0 unspecified atom stereocenters. The topological polar surface area (TPSA) is 33.2 Å². The van der Waals surface area contributed by atoms with E-state index in [4.69, 9.17) is 0 Å². The molecule has 1 rings (SSSR count). The first kappa shape index (κ1) is 13.8. The average molecular weight is 234 g/mol. The lowest BCUT2D eigenvalue weighted by Gasteiger charge is -2.20. The molecule has 0 saturated heterocycles. The molecule has 0 bridgehead atoms. The first-order valence-corrected chi connectivity index (χ1v) is 6.10. The Bertz CT molecular complexity index is 346. The quantitative estimate of drug-likeness (QED) is 0.757. The first-order chi connectivity index (χ1) is 8.02. The van der Waals surface area contributed by atoms with Crippen LogP contribution in [0.4, 0.5) is 0 Å². The van der Waals surface area contributed by atoms with Gasteiger partial charge in [-0.3, -0.25) is 9.78 Å². The number of carbonyl (C=O) groups is 1. The van der Waals surface area contributed by atoms with Crippen molar-refractivity contribution in [1.82, 2.24) is 9.88 Å². The largest absolute Gasteiger partial charge is 0.309 e. The van der Waals surface area contributed by atoms with Crippen LogP contribution in [0.3, 0.4) is 0 Å². The van der Waals surface area contributed by atoms with Crippen molar-refractivity contribution in [3.8, 4) is 0 Å². The fraction of sp³-hybridized carbons (Fsp3) is 0.571. The predicted octanol–water partition coefficient (Wildman–Crippen LogP) is 2.34. The first-order valence-electron chi connectivity index (χ1n) is 6.10. The number of rotatable bonds is 6. The van der Waals surface area contributed by atoms with Gasteiger partial charge >= 0.3 is 0 Å². The molecule has 1 aromatic heterocycles. The van der Waals surface area contributed by atoms with E-state index >= 15 is 0 Å². The van der Waals surface area contributed by atoms with Gasteiger partial charge in [-0.25, -0.2) is 0 Å². The lowest BCUT2D eigenvalue weighted by atomic mass is 9.87. The second kappa shape index (κ2) is 6.50. The number of hydrogen-bond donors (Lipinski definition) is 0. The van der Waals surface area contributed by atoms with Gasteiger partial charge in [-0.1, -0.05) is 13.8 Å². The van der Waals surface area contributed by atoms with E-state index in [1.54, 1.807) is 12.4 Å². The van der Waals surface area contributed by atoms with Gasteiger partial charge in [0.1, 0.15) is 5.78 Å². The van der Waals surface area contributed by atoms with E-state index in [9.17, 15) is 4.79 Å². The molecule has 94 valence electrons. The molecule has 0 aliphatic carbocycles. The van der Waals surface area contributed by atoms with E-state index in [0.717, 1.165) is 18.5 Å². The molecular weight excluding hydrogens is 212 g/mol. The van der Waals surface area contributed by atoms with Gasteiger partial charge in [0.15, 0.2) is 0 Å². The van der Waals surface area contributed by atoms with Gasteiger partial charge in [0.25, 0.3) is 0 Å². The van der Waals surface area contributed by atoms with Crippen LogP contribution in [0, 0.1) is 5.92 Å².